The van der Waals surface area contributed by atoms with Crippen LogP contribution in [0.1, 0.15) is 30.5 Å². The lowest BCUT2D eigenvalue weighted by Crippen LogP contribution is -2.26. The molecule has 0 saturated heterocycles. The van der Waals surface area contributed by atoms with Crippen LogP contribution in [-0.2, 0) is 11.2 Å². The molecule has 0 heterocycles. The van der Waals surface area contributed by atoms with Gasteiger partial charge >= 0.3 is 5.97 Å². The summed E-state index contributed by atoms with van der Waals surface area (Å²) in [6.45, 7) is 6.80. The number of aryl methyl sites for hydroxylation is 1. The van der Waals surface area contributed by atoms with Crippen molar-refractivity contribution >= 4 is 17.6 Å². The van der Waals surface area contributed by atoms with Gasteiger partial charge in [-0.05, 0) is 56.9 Å². The van der Waals surface area contributed by atoms with Crippen LogP contribution in [0.25, 0.3) is 0 Å². The minimum absolute atomic E-state index is 0.186. The van der Waals surface area contributed by atoms with Gasteiger partial charge in [-0.3, -0.25) is 4.79 Å². The number of aliphatic carboxylic acids is 1. The highest BCUT2D eigenvalue weighted by atomic mass is 35.5. The maximum Gasteiger partial charge on any atom is 0.309 e. The molecular formula is C13H17ClO3. The van der Waals surface area contributed by atoms with Crippen LogP contribution in [0, 0.1) is 19.3 Å². The van der Waals surface area contributed by atoms with Crippen molar-refractivity contribution in [2.45, 2.75) is 34.1 Å². The summed E-state index contributed by atoms with van der Waals surface area (Å²) in [6, 6.07) is 1.66. The van der Waals surface area contributed by atoms with E-state index in [-0.39, 0.29) is 5.75 Å². The lowest BCUT2D eigenvalue weighted by molar-refractivity contribution is -0.146. The second kappa shape index (κ2) is 4.57. The first-order valence-electron chi connectivity index (χ1n) is 5.37. The Balaban J connectivity index is 3.25. The smallest absolute Gasteiger partial charge is 0.309 e. The molecule has 0 amide bonds. The van der Waals surface area contributed by atoms with Gasteiger partial charge in [0.2, 0.25) is 0 Å². The van der Waals surface area contributed by atoms with Crippen LogP contribution in [0.2, 0.25) is 5.02 Å². The zero-order valence-corrected chi connectivity index (χ0v) is 11.2. The predicted octanol–water partition coefficient (Wildman–Crippen LogP) is 3.32. The Hall–Kier alpha value is -1.22. The second-order valence-electron chi connectivity index (χ2n) is 4.99. The first kappa shape index (κ1) is 13.8. The molecule has 94 valence electrons. The van der Waals surface area contributed by atoms with Crippen molar-refractivity contribution in [2.75, 3.05) is 0 Å². The van der Waals surface area contributed by atoms with Gasteiger partial charge in [0.1, 0.15) is 5.75 Å². The fourth-order valence-corrected chi connectivity index (χ4v) is 2.07. The van der Waals surface area contributed by atoms with Crippen molar-refractivity contribution in [1.82, 2.24) is 0 Å². The van der Waals surface area contributed by atoms with Crippen molar-refractivity contribution in [2.24, 2.45) is 5.41 Å². The number of aromatic hydroxyl groups is 1. The van der Waals surface area contributed by atoms with E-state index in [1.165, 1.54) is 0 Å². The lowest BCUT2D eigenvalue weighted by atomic mass is 9.84. The Kier molecular flexibility index (Phi) is 3.72. The summed E-state index contributed by atoms with van der Waals surface area (Å²) in [5.41, 5.74) is 1.15. The largest absolute Gasteiger partial charge is 0.507 e. The van der Waals surface area contributed by atoms with Crippen LogP contribution in [0.5, 0.6) is 5.75 Å². The normalized spacial score (nSPS) is 11.6. The number of rotatable bonds is 3. The van der Waals surface area contributed by atoms with E-state index < -0.39 is 11.4 Å². The van der Waals surface area contributed by atoms with Gasteiger partial charge in [-0.15, -0.1) is 0 Å². The van der Waals surface area contributed by atoms with E-state index in [4.69, 9.17) is 16.7 Å². The topological polar surface area (TPSA) is 57.5 Å². The molecule has 0 fully saturated rings. The third-order valence-corrected chi connectivity index (χ3v) is 3.35. The summed E-state index contributed by atoms with van der Waals surface area (Å²) >= 11 is 6.11. The summed E-state index contributed by atoms with van der Waals surface area (Å²) in [6.07, 6.45) is 0.292. The number of halogens is 1. The van der Waals surface area contributed by atoms with Gasteiger partial charge < -0.3 is 10.2 Å². The molecule has 0 unspecified atom stereocenters. The molecular weight excluding hydrogens is 240 g/mol. The summed E-state index contributed by atoms with van der Waals surface area (Å²) in [5, 5.41) is 19.5. The van der Waals surface area contributed by atoms with Gasteiger partial charge in [0, 0.05) is 5.02 Å². The van der Waals surface area contributed by atoms with Gasteiger partial charge in [0.15, 0.2) is 0 Å². The molecule has 0 saturated carbocycles. The lowest BCUT2D eigenvalue weighted by Gasteiger charge is -2.22. The van der Waals surface area contributed by atoms with Gasteiger partial charge in [0.05, 0.1) is 5.41 Å². The molecule has 2 N–H and O–H groups in total. The summed E-state index contributed by atoms with van der Waals surface area (Å²) < 4.78 is 0. The van der Waals surface area contributed by atoms with Crippen LogP contribution >= 0.6 is 11.6 Å². The van der Waals surface area contributed by atoms with E-state index in [1.54, 1.807) is 33.8 Å². The molecule has 0 spiro atoms. The highest BCUT2D eigenvalue weighted by Crippen LogP contribution is 2.35. The van der Waals surface area contributed by atoms with Crippen molar-refractivity contribution in [1.29, 1.82) is 0 Å². The molecule has 0 aliphatic rings. The quantitative estimate of drug-likeness (QED) is 0.872. The van der Waals surface area contributed by atoms with Crippen LogP contribution in [0.4, 0.5) is 0 Å². The monoisotopic (exact) mass is 256 g/mol. The molecule has 1 aromatic carbocycles. The molecule has 0 aliphatic carbocycles. The number of hydrogen-bond donors (Lipinski definition) is 2. The SMILES string of the molecule is Cc1cc(Cl)c(CC(C)(C)C(=O)O)c(C)c1O. The first-order valence-corrected chi connectivity index (χ1v) is 5.75. The van der Waals surface area contributed by atoms with Crippen LogP contribution in [0.15, 0.2) is 6.07 Å². The Morgan fingerprint density at radius 1 is 1.41 bits per heavy atom. The van der Waals surface area contributed by atoms with Gasteiger partial charge in [-0.25, -0.2) is 0 Å². The number of carbonyl (C=O) groups is 1. The van der Waals surface area contributed by atoms with Crippen LogP contribution in [-0.4, -0.2) is 16.2 Å². The third-order valence-electron chi connectivity index (χ3n) is 3.01. The van der Waals surface area contributed by atoms with E-state index in [0.717, 1.165) is 0 Å². The number of hydrogen-bond acceptors (Lipinski definition) is 2. The molecule has 3 nitrogen and oxygen atoms in total. The Labute approximate surface area is 106 Å². The molecule has 0 bridgehead atoms. The summed E-state index contributed by atoms with van der Waals surface area (Å²) in [7, 11) is 0. The Bertz CT molecular complexity index is 464. The third kappa shape index (κ3) is 2.72. The molecule has 4 heteroatoms. The van der Waals surface area contributed by atoms with E-state index >= 15 is 0 Å². The number of carboxylic acid groups (broad SMARTS) is 1. The van der Waals surface area contributed by atoms with Crippen molar-refractivity contribution < 1.29 is 15.0 Å². The molecule has 0 aromatic heterocycles. The minimum Gasteiger partial charge on any atom is -0.507 e. The Morgan fingerprint density at radius 2 is 1.94 bits per heavy atom. The maximum absolute atomic E-state index is 11.1. The van der Waals surface area contributed by atoms with E-state index in [9.17, 15) is 9.90 Å². The van der Waals surface area contributed by atoms with E-state index in [1.807, 2.05) is 0 Å². The standard InChI is InChI=1S/C13H17ClO3/c1-7-5-10(14)9(8(2)11(7)15)6-13(3,4)12(16)17/h5,15H,6H2,1-4H3,(H,16,17). The first-order chi connectivity index (χ1) is 7.66. The average molecular weight is 257 g/mol. The zero-order chi connectivity index (χ0) is 13.4. The van der Waals surface area contributed by atoms with Crippen molar-refractivity contribution in [3.63, 3.8) is 0 Å². The van der Waals surface area contributed by atoms with E-state index in [2.05, 4.69) is 0 Å². The molecule has 1 aromatic rings. The number of carboxylic acids is 1. The van der Waals surface area contributed by atoms with Gasteiger partial charge in [0.25, 0.3) is 0 Å². The zero-order valence-electron chi connectivity index (χ0n) is 10.5. The summed E-state index contributed by atoms with van der Waals surface area (Å²) in [5.74, 6) is -0.696. The summed E-state index contributed by atoms with van der Waals surface area (Å²) in [4.78, 5) is 11.1. The van der Waals surface area contributed by atoms with Crippen molar-refractivity contribution in [3.8, 4) is 5.75 Å². The molecule has 0 radical (unpaired) electrons. The van der Waals surface area contributed by atoms with Crippen molar-refractivity contribution in [3.05, 3.63) is 27.8 Å². The fourth-order valence-electron chi connectivity index (χ4n) is 1.70. The molecule has 0 aliphatic heterocycles. The van der Waals surface area contributed by atoms with Gasteiger partial charge in [-0.1, -0.05) is 11.6 Å². The highest BCUT2D eigenvalue weighted by Gasteiger charge is 2.29. The number of benzene rings is 1. The van der Waals surface area contributed by atoms with Gasteiger partial charge in [-0.2, -0.15) is 0 Å². The molecule has 1 rings (SSSR count). The minimum atomic E-state index is -0.907. The Morgan fingerprint density at radius 3 is 2.41 bits per heavy atom. The average Bonchev–Trinajstić information content (AvgIpc) is 2.21. The number of phenolic OH excluding ortho intramolecular Hbond substituents is 1. The van der Waals surface area contributed by atoms with Crippen LogP contribution in [0.3, 0.4) is 0 Å². The van der Waals surface area contributed by atoms with E-state index in [0.29, 0.717) is 28.1 Å². The molecule has 0 atom stereocenters. The highest BCUT2D eigenvalue weighted by molar-refractivity contribution is 6.31. The fraction of sp³-hybridized carbons (Fsp3) is 0.462. The number of phenols is 1. The van der Waals surface area contributed by atoms with Crippen LogP contribution < -0.4 is 0 Å². The second-order valence-corrected chi connectivity index (χ2v) is 5.40. The molecule has 17 heavy (non-hydrogen) atoms. The predicted molar refractivity (Wildman–Crippen MR) is 67.7 cm³/mol. The maximum atomic E-state index is 11.1.